The number of anilines is 1. The Balaban J connectivity index is 2.06. The van der Waals surface area contributed by atoms with Crippen LogP contribution in [0.2, 0.25) is 0 Å². The molecule has 0 fully saturated rings. The number of unbranched alkanes of at least 4 members (excludes halogenated alkanes) is 2. The van der Waals surface area contributed by atoms with E-state index in [2.05, 4.69) is 6.92 Å². The van der Waals surface area contributed by atoms with Crippen LogP contribution in [0.1, 0.15) is 61.9 Å². The minimum Gasteiger partial charge on any atom is -0.462 e. The Morgan fingerprint density at radius 3 is 2.70 bits per heavy atom. The van der Waals surface area contributed by atoms with Gasteiger partial charge in [-0.2, -0.15) is 5.06 Å². The van der Waals surface area contributed by atoms with Gasteiger partial charge in [0.05, 0.1) is 24.5 Å². The Bertz CT molecular complexity index is 556. The van der Waals surface area contributed by atoms with E-state index in [0.29, 0.717) is 31.6 Å². The Hall–Kier alpha value is -1.88. The second-order valence-electron chi connectivity index (χ2n) is 5.71. The molecule has 0 atom stereocenters. The first-order chi connectivity index (χ1) is 11.2. The molecule has 0 N–H and O–H groups in total. The molecule has 126 valence electrons. The number of carbonyl (C=O) groups excluding carboxylic acids is 2. The van der Waals surface area contributed by atoms with Crippen LogP contribution in [0.25, 0.3) is 0 Å². The third kappa shape index (κ3) is 4.55. The average molecular weight is 319 g/mol. The zero-order chi connectivity index (χ0) is 16.7. The highest BCUT2D eigenvalue weighted by Gasteiger charge is 2.26. The molecule has 0 aromatic heterocycles. The molecule has 23 heavy (non-hydrogen) atoms. The Labute approximate surface area is 137 Å². The molecule has 1 heterocycles. The number of aryl methyl sites for hydroxylation is 1. The van der Waals surface area contributed by atoms with Crippen LogP contribution in [0.15, 0.2) is 18.2 Å². The Kier molecular flexibility index (Phi) is 6.59. The summed E-state index contributed by atoms with van der Waals surface area (Å²) in [6, 6.07) is 5.28. The first-order valence-electron chi connectivity index (χ1n) is 8.43. The van der Waals surface area contributed by atoms with Crippen LogP contribution in [-0.2, 0) is 20.8 Å². The molecule has 1 amide bonds. The van der Waals surface area contributed by atoms with Gasteiger partial charge in [-0.1, -0.05) is 26.7 Å². The summed E-state index contributed by atoms with van der Waals surface area (Å²) in [5.74, 6) is -0.345. The van der Waals surface area contributed by atoms with Crippen molar-refractivity contribution in [1.29, 1.82) is 0 Å². The second-order valence-corrected chi connectivity index (χ2v) is 5.71. The van der Waals surface area contributed by atoms with E-state index in [0.717, 1.165) is 36.9 Å². The van der Waals surface area contributed by atoms with Gasteiger partial charge in [0, 0.05) is 6.42 Å². The summed E-state index contributed by atoms with van der Waals surface area (Å²) in [5.41, 5.74) is 2.21. The molecule has 2 rings (SSSR count). The third-order valence-corrected chi connectivity index (χ3v) is 3.77. The topological polar surface area (TPSA) is 55.8 Å². The lowest BCUT2D eigenvalue weighted by atomic mass is 10.00. The fourth-order valence-corrected chi connectivity index (χ4v) is 2.51. The number of fused-ring (bicyclic) bond motifs is 1. The van der Waals surface area contributed by atoms with Crippen molar-refractivity contribution in [2.24, 2.45) is 0 Å². The maximum atomic E-state index is 12.1. The van der Waals surface area contributed by atoms with E-state index in [9.17, 15) is 9.59 Å². The molecule has 0 aliphatic carbocycles. The summed E-state index contributed by atoms with van der Waals surface area (Å²) < 4.78 is 5.28. The van der Waals surface area contributed by atoms with Gasteiger partial charge in [0.25, 0.3) is 5.91 Å². The summed E-state index contributed by atoms with van der Waals surface area (Å²) in [5, 5.41) is 1.36. The highest BCUT2D eigenvalue weighted by Crippen LogP contribution is 2.29. The molecule has 0 saturated heterocycles. The maximum Gasteiger partial charge on any atom is 0.338 e. The van der Waals surface area contributed by atoms with Crippen molar-refractivity contribution >= 4 is 17.6 Å². The molecule has 1 aliphatic heterocycles. The molecule has 5 nitrogen and oxygen atoms in total. The quantitative estimate of drug-likeness (QED) is 0.542. The number of hydroxylamine groups is 1. The Morgan fingerprint density at radius 1 is 1.13 bits per heavy atom. The molecule has 1 aromatic carbocycles. The van der Waals surface area contributed by atoms with Gasteiger partial charge in [-0.25, -0.2) is 4.79 Å². The molecule has 1 aliphatic rings. The van der Waals surface area contributed by atoms with Crippen LogP contribution in [0.3, 0.4) is 0 Å². The first kappa shape index (κ1) is 17.5. The number of hydrogen-bond acceptors (Lipinski definition) is 4. The monoisotopic (exact) mass is 319 g/mol. The predicted octanol–water partition coefficient (Wildman–Crippen LogP) is 3.65. The number of amides is 1. The van der Waals surface area contributed by atoms with Gasteiger partial charge in [-0.3, -0.25) is 9.63 Å². The fraction of sp³-hybridized carbons (Fsp3) is 0.556. The van der Waals surface area contributed by atoms with Crippen molar-refractivity contribution in [3.8, 4) is 0 Å². The summed E-state index contributed by atoms with van der Waals surface area (Å²) >= 11 is 0. The molecule has 1 aromatic rings. The molecule has 0 unspecified atom stereocenters. The molecule has 0 bridgehead atoms. The number of benzene rings is 1. The second kappa shape index (κ2) is 8.67. The molecule has 0 saturated carbocycles. The van der Waals surface area contributed by atoms with E-state index in [4.69, 9.17) is 9.57 Å². The van der Waals surface area contributed by atoms with E-state index >= 15 is 0 Å². The largest absolute Gasteiger partial charge is 0.462 e. The zero-order valence-electron chi connectivity index (χ0n) is 14.0. The minimum absolute atomic E-state index is 0.0409. The zero-order valence-corrected chi connectivity index (χ0v) is 14.0. The standard InChI is InChI=1S/C18H25NO4/c1-3-5-6-12-22-18(21)15-7-9-16-14(13-15)8-10-17(20)19(16)23-11-4-2/h7,9,13H,3-6,8,10-12H2,1-2H3. The summed E-state index contributed by atoms with van der Waals surface area (Å²) in [7, 11) is 0. The number of carbonyl (C=O) groups is 2. The highest BCUT2D eigenvalue weighted by molar-refractivity contribution is 5.96. The number of rotatable bonds is 8. The van der Waals surface area contributed by atoms with Crippen LogP contribution in [0.4, 0.5) is 5.69 Å². The summed E-state index contributed by atoms with van der Waals surface area (Å²) in [4.78, 5) is 29.6. The van der Waals surface area contributed by atoms with E-state index in [1.807, 2.05) is 13.0 Å². The van der Waals surface area contributed by atoms with E-state index in [1.54, 1.807) is 12.1 Å². The van der Waals surface area contributed by atoms with Gasteiger partial charge in [0.2, 0.25) is 0 Å². The lowest BCUT2D eigenvalue weighted by Crippen LogP contribution is -2.35. The smallest absolute Gasteiger partial charge is 0.338 e. The molecule has 0 radical (unpaired) electrons. The van der Waals surface area contributed by atoms with Gasteiger partial charge in [0.15, 0.2) is 0 Å². The minimum atomic E-state index is -0.304. The van der Waals surface area contributed by atoms with Crippen LogP contribution < -0.4 is 5.06 Å². The molecular formula is C18H25NO4. The van der Waals surface area contributed by atoms with E-state index in [1.165, 1.54) is 5.06 Å². The van der Waals surface area contributed by atoms with Crippen LogP contribution in [0.5, 0.6) is 0 Å². The third-order valence-electron chi connectivity index (χ3n) is 3.77. The molecule has 0 spiro atoms. The van der Waals surface area contributed by atoms with Gasteiger partial charge in [0.1, 0.15) is 0 Å². The normalized spacial score (nSPS) is 13.8. The fourth-order valence-electron chi connectivity index (χ4n) is 2.51. The lowest BCUT2D eigenvalue weighted by molar-refractivity contribution is -0.126. The summed E-state index contributed by atoms with van der Waals surface area (Å²) in [6.07, 6.45) is 4.89. The van der Waals surface area contributed by atoms with Crippen molar-refractivity contribution in [2.45, 2.75) is 52.4 Å². The number of nitrogens with zero attached hydrogens (tertiary/aromatic N) is 1. The van der Waals surface area contributed by atoms with Crippen LogP contribution in [-0.4, -0.2) is 25.1 Å². The van der Waals surface area contributed by atoms with Gasteiger partial charge in [-0.15, -0.1) is 0 Å². The number of esters is 1. The maximum absolute atomic E-state index is 12.1. The predicted molar refractivity (Wildman–Crippen MR) is 88.3 cm³/mol. The SMILES string of the molecule is CCCCCOC(=O)c1ccc2c(c1)CCC(=O)N2OCCC. The number of hydrogen-bond donors (Lipinski definition) is 0. The van der Waals surface area contributed by atoms with Gasteiger partial charge < -0.3 is 4.74 Å². The van der Waals surface area contributed by atoms with Gasteiger partial charge >= 0.3 is 5.97 Å². The van der Waals surface area contributed by atoms with Crippen molar-refractivity contribution in [3.63, 3.8) is 0 Å². The number of ether oxygens (including phenoxy) is 1. The van der Waals surface area contributed by atoms with Crippen molar-refractivity contribution in [1.82, 2.24) is 0 Å². The lowest BCUT2D eigenvalue weighted by Gasteiger charge is -2.28. The average Bonchev–Trinajstić information content (AvgIpc) is 2.57. The van der Waals surface area contributed by atoms with E-state index in [-0.39, 0.29) is 11.9 Å². The van der Waals surface area contributed by atoms with Crippen molar-refractivity contribution in [2.75, 3.05) is 18.3 Å². The van der Waals surface area contributed by atoms with Gasteiger partial charge in [-0.05, 0) is 43.0 Å². The van der Waals surface area contributed by atoms with Crippen LogP contribution >= 0.6 is 0 Å². The molecular weight excluding hydrogens is 294 g/mol. The highest BCUT2D eigenvalue weighted by atomic mass is 16.7. The molecule has 5 heteroatoms. The summed E-state index contributed by atoms with van der Waals surface area (Å²) in [6.45, 7) is 5.05. The van der Waals surface area contributed by atoms with Crippen molar-refractivity contribution in [3.05, 3.63) is 29.3 Å². The Morgan fingerprint density at radius 2 is 1.96 bits per heavy atom. The van der Waals surface area contributed by atoms with Crippen LogP contribution in [0, 0.1) is 0 Å². The first-order valence-corrected chi connectivity index (χ1v) is 8.43. The van der Waals surface area contributed by atoms with E-state index < -0.39 is 0 Å². The van der Waals surface area contributed by atoms with Crippen molar-refractivity contribution < 1.29 is 19.2 Å².